The normalized spacial score (nSPS) is 11.7. The highest BCUT2D eigenvalue weighted by Crippen LogP contribution is 2.09. The molecule has 1 atom stereocenters. The van der Waals surface area contributed by atoms with Gasteiger partial charge in [-0.2, -0.15) is 0 Å². The SMILES string of the molecule is C[C@H](NC(=O)NCCc1ccc(Cl)cc1)C(=O)O. The summed E-state index contributed by atoms with van der Waals surface area (Å²) in [5.74, 6) is -1.07. The summed E-state index contributed by atoms with van der Waals surface area (Å²) in [6, 6.07) is 5.93. The van der Waals surface area contributed by atoms with Crippen LogP contribution in [0.15, 0.2) is 24.3 Å². The smallest absolute Gasteiger partial charge is 0.325 e. The fraction of sp³-hybridized carbons (Fsp3) is 0.333. The van der Waals surface area contributed by atoms with E-state index in [1.54, 1.807) is 12.1 Å². The highest BCUT2D eigenvalue weighted by Gasteiger charge is 2.12. The molecular weight excluding hydrogens is 256 g/mol. The molecule has 1 aromatic rings. The molecule has 1 aromatic carbocycles. The zero-order valence-corrected chi connectivity index (χ0v) is 10.7. The van der Waals surface area contributed by atoms with Crippen molar-refractivity contribution in [2.75, 3.05) is 6.54 Å². The minimum Gasteiger partial charge on any atom is -0.480 e. The first-order valence-corrected chi connectivity index (χ1v) is 5.88. The number of halogens is 1. The molecule has 2 amide bonds. The van der Waals surface area contributed by atoms with Crippen LogP contribution in [0.2, 0.25) is 5.02 Å². The Morgan fingerprint density at radius 2 is 1.94 bits per heavy atom. The molecule has 0 spiro atoms. The summed E-state index contributed by atoms with van der Waals surface area (Å²) in [4.78, 5) is 21.8. The lowest BCUT2D eigenvalue weighted by molar-refractivity contribution is -0.138. The van der Waals surface area contributed by atoms with E-state index in [4.69, 9.17) is 16.7 Å². The Hall–Kier alpha value is -1.75. The summed E-state index contributed by atoms with van der Waals surface area (Å²) in [5, 5.41) is 14.2. The Bertz CT molecular complexity index is 420. The molecule has 1 rings (SSSR count). The van der Waals surface area contributed by atoms with E-state index in [0.29, 0.717) is 18.0 Å². The molecule has 3 N–H and O–H groups in total. The van der Waals surface area contributed by atoms with Gasteiger partial charge in [0.25, 0.3) is 0 Å². The van der Waals surface area contributed by atoms with Crippen LogP contribution in [0.5, 0.6) is 0 Å². The standard InChI is InChI=1S/C12H15ClN2O3/c1-8(11(16)17)15-12(18)14-7-6-9-2-4-10(13)5-3-9/h2-5,8H,6-7H2,1H3,(H,16,17)(H2,14,15,18)/t8-/m0/s1. The van der Waals surface area contributed by atoms with Gasteiger partial charge in [-0.25, -0.2) is 4.79 Å². The fourth-order valence-electron chi connectivity index (χ4n) is 1.28. The lowest BCUT2D eigenvalue weighted by Crippen LogP contribution is -2.44. The number of carbonyl (C=O) groups excluding carboxylic acids is 1. The van der Waals surface area contributed by atoms with Crippen molar-refractivity contribution in [3.63, 3.8) is 0 Å². The highest BCUT2D eigenvalue weighted by molar-refractivity contribution is 6.30. The van der Waals surface area contributed by atoms with Crippen LogP contribution >= 0.6 is 11.6 Å². The Kier molecular flexibility index (Phi) is 5.45. The average Bonchev–Trinajstić information content (AvgIpc) is 2.31. The van der Waals surface area contributed by atoms with E-state index in [2.05, 4.69) is 10.6 Å². The first-order valence-electron chi connectivity index (χ1n) is 5.50. The van der Waals surface area contributed by atoms with Crippen LogP contribution in [-0.2, 0) is 11.2 Å². The summed E-state index contributed by atoms with van der Waals surface area (Å²) in [6.07, 6.45) is 0.659. The number of nitrogens with one attached hydrogen (secondary N) is 2. The second kappa shape index (κ2) is 6.86. The van der Waals surface area contributed by atoms with Gasteiger partial charge in [0, 0.05) is 11.6 Å². The quantitative estimate of drug-likeness (QED) is 0.761. The zero-order chi connectivity index (χ0) is 13.5. The molecule has 6 heteroatoms. The molecule has 0 heterocycles. The first-order chi connectivity index (χ1) is 8.49. The molecule has 0 aliphatic heterocycles. The molecule has 0 saturated carbocycles. The van der Waals surface area contributed by atoms with Crippen molar-refractivity contribution < 1.29 is 14.7 Å². The molecule has 18 heavy (non-hydrogen) atoms. The van der Waals surface area contributed by atoms with Gasteiger partial charge in [0.05, 0.1) is 0 Å². The van der Waals surface area contributed by atoms with E-state index in [9.17, 15) is 9.59 Å². The third kappa shape index (κ3) is 5.05. The number of carbonyl (C=O) groups is 2. The van der Waals surface area contributed by atoms with Gasteiger partial charge in [-0.1, -0.05) is 23.7 Å². The Morgan fingerprint density at radius 1 is 1.33 bits per heavy atom. The number of hydrogen-bond donors (Lipinski definition) is 3. The van der Waals surface area contributed by atoms with Gasteiger partial charge < -0.3 is 15.7 Å². The molecule has 0 fully saturated rings. The van der Waals surface area contributed by atoms with Crippen molar-refractivity contribution in [2.24, 2.45) is 0 Å². The van der Waals surface area contributed by atoms with E-state index in [-0.39, 0.29) is 0 Å². The number of aliphatic carboxylic acids is 1. The van der Waals surface area contributed by atoms with Crippen molar-refractivity contribution in [3.8, 4) is 0 Å². The van der Waals surface area contributed by atoms with E-state index < -0.39 is 18.0 Å². The molecule has 0 aliphatic rings. The molecule has 5 nitrogen and oxygen atoms in total. The van der Waals surface area contributed by atoms with Gasteiger partial charge in [-0.3, -0.25) is 4.79 Å². The van der Waals surface area contributed by atoms with Crippen molar-refractivity contribution >= 4 is 23.6 Å². The van der Waals surface area contributed by atoms with Gasteiger partial charge in [0.2, 0.25) is 0 Å². The Morgan fingerprint density at radius 3 is 2.50 bits per heavy atom. The minimum atomic E-state index is -1.07. The summed E-state index contributed by atoms with van der Waals surface area (Å²) in [6.45, 7) is 1.83. The maximum absolute atomic E-state index is 11.3. The minimum absolute atomic E-state index is 0.430. The van der Waals surface area contributed by atoms with Gasteiger partial charge in [0.1, 0.15) is 6.04 Å². The van der Waals surface area contributed by atoms with E-state index in [1.807, 2.05) is 12.1 Å². The topological polar surface area (TPSA) is 78.4 Å². The highest BCUT2D eigenvalue weighted by atomic mass is 35.5. The number of urea groups is 1. The molecule has 0 radical (unpaired) electrons. The molecule has 0 aromatic heterocycles. The lowest BCUT2D eigenvalue weighted by atomic mass is 10.1. The second-order valence-electron chi connectivity index (χ2n) is 3.84. The summed E-state index contributed by atoms with van der Waals surface area (Å²) >= 11 is 5.75. The number of carboxylic acid groups (broad SMARTS) is 1. The average molecular weight is 271 g/mol. The van der Waals surface area contributed by atoms with Gasteiger partial charge in [0.15, 0.2) is 0 Å². The zero-order valence-electron chi connectivity index (χ0n) is 9.94. The third-order valence-electron chi connectivity index (χ3n) is 2.33. The van der Waals surface area contributed by atoms with Crippen LogP contribution in [0, 0.1) is 0 Å². The van der Waals surface area contributed by atoms with Crippen LogP contribution in [0.4, 0.5) is 4.79 Å². The van der Waals surface area contributed by atoms with E-state index in [0.717, 1.165) is 5.56 Å². The molecule has 0 aliphatic carbocycles. The van der Waals surface area contributed by atoms with Crippen molar-refractivity contribution in [2.45, 2.75) is 19.4 Å². The predicted molar refractivity (Wildman–Crippen MR) is 68.8 cm³/mol. The molecule has 0 bridgehead atoms. The monoisotopic (exact) mass is 270 g/mol. The molecule has 0 saturated heterocycles. The summed E-state index contributed by atoms with van der Waals surface area (Å²) in [5.41, 5.74) is 1.05. The van der Waals surface area contributed by atoms with Crippen LogP contribution in [0.3, 0.4) is 0 Å². The maximum atomic E-state index is 11.3. The fourth-order valence-corrected chi connectivity index (χ4v) is 1.41. The van der Waals surface area contributed by atoms with Crippen molar-refractivity contribution in [3.05, 3.63) is 34.9 Å². The maximum Gasteiger partial charge on any atom is 0.325 e. The Balaban J connectivity index is 2.27. The lowest BCUT2D eigenvalue weighted by Gasteiger charge is -2.10. The predicted octanol–water partition coefficient (Wildman–Crippen LogP) is 1.65. The number of rotatable bonds is 5. The van der Waals surface area contributed by atoms with Crippen LogP contribution in [0.25, 0.3) is 0 Å². The van der Waals surface area contributed by atoms with Gasteiger partial charge >= 0.3 is 12.0 Å². The molecule has 98 valence electrons. The number of benzene rings is 1. The number of hydrogen-bond acceptors (Lipinski definition) is 2. The van der Waals surface area contributed by atoms with Crippen LogP contribution in [-0.4, -0.2) is 29.7 Å². The van der Waals surface area contributed by atoms with Crippen molar-refractivity contribution in [1.29, 1.82) is 0 Å². The number of amides is 2. The summed E-state index contributed by atoms with van der Waals surface area (Å²) < 4.78 is 0. The molecule has 0 unspecified atom stereocenters. The second-order valence-corrected chi connectivity index (χ2v) is 4.27. The van der Waals surface area contributed by atoms with Crippen molar-refractivity contribution in [1.82, 2.24) is 10.6 Å². The molecular formula is C12H15ClN2O3. The van der Waals surface area contributed by atoms with E-state index >= 15 is 0 Å². The largest absolute Gasteiger partial charge is 0.480 e. The van der Waals surface area contributed by atoms with Crippen LogP contribution < -0.4 is 10.6 Å². The summed E-state index contributed by atoms with van der Waals surface area (Å²) in [7, 11) is 0. The first kappa shape index (κ1) is 14.3. The number of carboxylic acids is 1. The van der Waals surface area contributed by atoms with Gasteiger partial charge in [-0.05, 0) is 31.0 Å². The van der Waals surface area contributed by atoms with Gasteiger partial charge in [-0.15, -0.1) is 0 Å². The van der Waals surface area contributed by atoms with E-state index in [1.165, 1.54) is 6.92 Å². The third-order valence-corrected chi connectivity index (χ3v) is 2.58. The Labute approximate surface area is 110 Å². The van der Waals surface area contributed by atoms with Crippen LogP contribution in [0.1, 0.15) is 12.5 Å².